The van der Waals surface area contributed by atoms with Crippen molar-refractivity contribution in [3.63, 3.8) is 0 Å². The topological polar surface area (TPSA) is 112 Å². The van der Waals surface area contributed by atoms with Gasteiger partial charge < -0.3 is 15.3 Å². The van der Waals surface area contributed by atoms with Gasteiger partial charge in [0.05, 0.1) is 5.92 Å². The predicted octanol–water partition coefficient (Wildman–Crippen LogP) is 11.9. The summed E-state index contributed by atoms with van der Waals surface area (Å²) in [6.45, 7) is 7.55. The zero-order valence-electron chi connectivity index (χ0n) is 27.8. The van der Waals surface area contributed by atoms with Crippen molar-refractivity contribution < 1.29 is 29.7 Å². The molecule has 42 heavy (non-hydrogen) atoms. The Morgan fingerprint density at radius 3 is 0.976 bits per heavy atom. The van der Waals surface area contributed by atoms with Crippen molar-refractivity contribution in [2.75, 3.05) is 0 Å². The highest BCUT2D eigenvalue weighted by Crippen LogP contribution is 2.16. The molecule has 0 aliphatic carbocycles. The fraction of sp³-hybridized carbons (Fsp3) is 0.912. The van der Waals surface area contributed by atoms with E-state index in [1.165, 1.54) is 128 Å². The van der Waals surface area contributed by atoms with Gasteiger partial charge in [-0.25, -0.2) is 0 Å². The quantitative estimate of drug-likeness (QED) is 0.0766. The molecule has 8 heteroatoms. The van der Waals surface area contributed by atoms with E-state index in [0.29, 0.717) is 6.42 Å². The van der Waals surface area contributed by atoms with Crippen molar-refractivity contribution in [2.45, 2.75) is 195 Å². The van der Waals surface area contributed by atoms with Crippen LogP contribution in [0.15, 0.2) is 0 Å². The molecule has 0 rings (SSSR count). The zero-order chi connectivity index (χ0) is 30.7. The van der Waals surface area contributed by atoms with Crippen LogP contribution in [-0.4, -0.2) is 33.2 Å². The molecule has 0 saturated heterocycles. The van der Waals surface area contributed by atoms with Gasteiger partial charge in [-0.05, 0) is 19.3 Å². The van der Waals surface area contributed by atoms with Crippen molar-refractivity contribution in [1.82, 2.24) is 0 Å². The predicted molar refractivity (Wildman–Crippen MR) is 184 cm³/mol. The molecule has 0 fully saturated rings. The van der Waals surface area contributed by atoms with Crippen LogP contribution in [0.5, 0.6) is 0 Å². The van der Waals surface area contributed by atoms with Crippen molar-refractivity contribution in [2.24, 2.45) is 5.92 Å². The van der Waals surface area contributed by atoms with Crippen LogP contribution in [-0.2, 0) is 14.4 Å². The van der Waals surface area contributed by atoms with E-state index in [9.17, 15) is 9.59 Å². The lowest BCUT2D eigenvalue weighted by molar-refractivity contribution is -0.142. The van der Waals surface area contributed by atoms with Gasteiger partial charge in [-0.1, -0.05) is 162 Å². The number of hydrogen-bond acceptors (Lipinski definition) is 3. The van der Waals surface area contributed by atoms with Gasteiger partial charge in [-0.15, -0.1) is 24.8 Å². The number of carboxylic acids is 3. The van der Waals surface area contributed by atoms with Crippen molar-refractivity contribution in [3.05, 3.63) is 0 Å². The summed E-state index contributed by atoms with van der Waals surface area (Å²) in [5.74, 6) is -2.22. The van der Waals surface area contributed by atoms with Gasteiger partial charge in [0, 0.05) is 13.3 Å². The molecule has 6 nitrogen and oxygen atoms in total. The van der Waals surface area contributed by atoms with Crippen LogP contribution in [0, 0.1) is 5.92 Å². The zero-order valence-corrected chi connectivity index (χ0v) is 29.5. The largest absolute Gasteiger partial charge is 0.481 e. The molecular formula is C34H70Cl2O6. The lowest BCUT2D eigenvalue weighted by Gasteiger charge is -2.08. The Morgan fingerprint density at radius 1 is 0.476 bits per heavy atom. The first-order chi connectivity index (χ1) is 19.2. The van der Waals surface area contributed by atoms with Crippen LogP contribution < -0.4 is 0 Å². The van der Waals surface area contributed by atoms with Gasteiger partial charge in [0.25, 0.3) is 5.97 Å². The number of carbonyl (C=O) groups is 3. The maximum atomic E-state index is 10.8. The third kappa shape index (κ3) is 55.0. The molecule has 0 radical (unpaired) electrons. The minimum Gasteiger partial charge on any atom is -0.481 e. The minimum atomic E-state index is -0.833. The van der Waals surface area contributed by atoms with Crippen LogP contribution >= 0.6 is 24.8 Å². The van der Waals surface area contributed by atoms with Crippen LogP contribution in [0.1, 0.15) is 195 Å². The molecule has 0 aromatic carbocycles. The third-order valence-electron chi connectivity index (χ3n) is 7.24. The van der Waals surface area contributed by atoms with Crippen LogP contribution in [0.25, 0.3) is 0 Å². The maximum Gasteiger partial charge on any atom is 0.306 e. The molecule has 0 saturated carbocycles. The van der Waals surface area contributed by atoms with Gasteiger partial charge in [-0.3, -0.25) is 14.4 Å². The second-order valence-electron chi connectivity index (χ2n) is 11.3. The van der Waals surface area contributed by atoms with E-state index in [4.69, 9.17) is 20.1 Å². The van der Waals surface area contributed by atoms with E-state index in [-0.39, 0.29) is 30.7 Å². The number of carboxylic acid groups (broad SMARTS) is 3. The summed E-state index contributed by atoms with van der Waals surface area (Å²) in [5, 5.41) is 24.8. The van der Waals surface area contributed by atoms with Gasteiger partial charge in [0.1, 0.15) is 0 Å². The van der Waals surface area contributed by atoms with Crippen LogP contribution in [0.3, 0.4) is 0 Å². The van der Waals surface area contributed by atoms with Crippen molar-refractivity contribution >= 4 is 42.7 Å². The summed E-state index contributed by atoms with van der Waals surface area (Å²) in [6, 6.07) is 0. The molecule has 0 heterocycles. The number of halogens is 2. The first-order valence-electron chi connectivity index (χ1n) is 16.9. The Bertz CT molecular complexity index is 542. The second-order valence-corrected chi connectivity index (χ2v) is 11.3. The smallest absolute Gasteiger partial charge is 0.306 e. The lowest BCUT2D eigenvalue weighted by Crippen LogP contribution is -2.12. The fourth-order valence-corrected chi connectivity index (χ4v) is 4.67. The highest BCUT2D eigenvalue weighted by atomic mass is 35.5. The summed E-state index contributed by atoms with van der Waals surface area (Å²) >= 11 is 0. The average Bonchev–Trinajstić information content (AvgIpc) is 2.89. The first kappa shape index (κ1) is 50.6. The third-order valence-corrected chi connectivity index (χ3v) is 7.24. The number of aliphatic carboxylic acids is 3. The second kappa shape index (κ2) is 44.4. The maximum absolute atomic E-state index is 10.8. The SMILES string of the molecule is CC(=O)O.CCCCCCCCCCC(CC)C(=O)O.CCCCCCCCCCCCCCCCCC(=O)O.Cl.Cl. The molecule has 0 aliphatic rings. The van der Waals surface area contributed by atoms with Crippen molar-refractivity contribution in [1.29, 1.82) is 0 Å². The Morgan fingerprint density at radius 2 is 0.738 bits per heavy atom. The Balaban J connectivity index is -0.000000187. The highest BCUT2D eigenvalue weighted by Gasteiger charge is 2.13. The van der Waals surface area contributed by atoms with Gasteiger partial charge in [-0.2, -0.15) is 0 Å². The molecule has 3 N–H and O–H groups in total. The summed E-state index contributed by atoms with van der Waals surface area (Å²) in [7, 11) is 0. The van der Waals surface area contributed by atoms with Gasteiger partial charge in [0.15, 0.2) is 0 Å². The standard InChI is InChI=1S/C18H36O2.C14H28O2.C2H4O2.2ClH/c1-2-3-4-5-6-7-8-9-10-11-12-13-14-15-16-17-18(19)20;1-3-5-6-7-8-9-10-11-12-13(4-2)14(15)16;1-2(3)4;;/h2-17H2,1H3,(H,19,20);13H,3-12H2,1-2H3,(H,15,16);1H3,(H,3,4);2*1H. The van der Waals surface area contributed by atoms with Crippen LogP contribution in [0.2, 0.25) is 0 Å². The summed E-state index contributed by atoms with van der Waals surface area (Å²) in [4.78, 5) is 30.1. The highest BCUT2D eigenvalue weighted by molar-refractivity contribution is 5.85. The van der Waals surface area contributed by atoms with E-state index in [1.807, 2.05) is 6.92 Å². The molecule has 0 aliphatic heterocycles. The van der Waals surface area contributed by atoms with Gasteiger partial charge >= 0.3 is 11.9 Å². The molecule has 0 bridgehead atoms. The molecule has 1 unspecified atom stereocenters. The normalized spacial score (nSPS) is 10.6. The number of hydrogen-bond donors (Lipinski definition) is 3. The Labute approximate surface area is 272 Å². The monoisotopic (exact) mass is 644 g/mol. The van der Waals surface area contributed by atoms with E-state index < -0.39 is 17.9 Å². The number of unbranched alkanes of at least 4 members (excludes halogenated alkanes) is 21. The fourth-order valence-electron chi connectivity index (χ4n) is 4.67. The molecule has 0 aromatic rings. The van der Waals surface area contributed by atoms with E-state index >= 15 is 0 Å². The summed E-state index contributed by atoms with van der Waals surface area (Å²) in [6.07, 6.45) is 32.1. The summed E-state index contributed by atoms with van der Waals surface area (Å²) < 4.78 is 0. The Kier molecular flexibility index (Phi) is 53.5. The van der Waals surface area contributed by atoms with Crippen LogP contribution in [0.4, 0.5) is 0 Å². The summed E-state index contributed by atoms with van der Waals surface area (Å²) in [5.41, 5.74) is 0. The number of rotatable bonds is 27. The molecule has 0 amide bonds. The van der Waals surface area contributed by atoms with Crippen molar-refractivity contribution in [3.8, 4) is 0 Å². The molecule has 0 aromatic heterocycles. The van der Waals surface area contributed by atoms with Gasteiger partial charge in [0.2, 0.25) is 0 Å². The molecule has 1 atom stereocenters. The minimum absolute atomic E-state index is 0. The Hall–Kier alpha value is -1.01. The molecular weight excluding hydrogens is 575 g/mol. The molecule has 0 spiro atoms. The molecule has 256 valence electrons. The lowest BCUT2D eigenvalue weighted by atomic mass is 9.98. The van der Waals surface area contributed by atoms with E-state index in [1.54, 1.807) is 0 Å². The first-order valence-corrected chi connectivity index (χ1v) is 16.9. The average molecular weight is 646 g/mol. The van der Waals surface area contributed by atoms with E-state index in [2.05, 4.69) is 13.8 Å². The van der Waals surface area contributed by atoms with E-state index in [0.717, 1.165) is 39.0 Å².